The first-order valence-corrected chi connectivity index (χ1v) is 9.16. The molecule has 6 nitrogen and oxygen atoms in total. The fourth-order valence-electron chi connectivity index (χ4n) is 2.97. The predicted octanol–water partition coefficient (Wildman–Crippen LogP) is 2.11. The molecule has 1 unspecified atom stereocenters. The van der Waals surface area contributed by atoms with E-state index in [-0.39, 0.29) is 6.03 Å². The van der Waals surface area contributed by atoms with Gasteiger partial charge in [0, 0.05) is 25.7 Å². The molecule has 140 valence electrons. The van der Waals surface area contributed by atoms with Gasteiger partial charge in [-0.3, -0.25) is 4.90 Å². The number of nitrogens with zero attached hydrogens (tertiary/aromatic N) is 1. The van der Waals surface area contributed by atoms with Crippen molar-refractivity contribution in [3.05, 3.63) is 30.3 Å². The number of carbonyl (C=O) groups excluding carboxylic acids is 1. The van der Waals surface area contributed by atoms with Gasteiger partial charge >= 0.3 is 6.03 Å². The number of benzene rings is 1. The number of urea groups is 1. The molecule has 6 heteroatoms. The van der Waals surface area contributed by atoms with Gasteiger partial charge in [0.05, 0.1) is 19.8 Å². The SMILES string of the molecule is CC(C)CC(CNC(=O)NCCOc1ccccc1)N1CCOCC1. The van der Waals surface area contributed by atoms with Gasteiger partial charge in [0.1, 0.15) is 12.4 Å². The van der Waals surface area contributed by atoms with Gasteiger partial charge in [0.15, 0.2) is 0 Å². The summed E-state index contributed by atoms with van der Waals surface area (Å²) in [6.07, 6.45) is 1.07. The number of para-hydroxylation sites is 1. The molecule has 0 aliphatic carbocycles. The van der Waals surface area contributed by atoms with Crippen LogP contribution in [0.4, 0.5) is 4.79 Å². The Morgan fingerprint density at radius 3 is 2.60 bits per heavy atom. The molecule has 0 saturated carbocycles. The van der Waals surface area contributed by atoms with E-state index in [2.05, 4.69) is 29.4 Å². The van der Waals surface area contributed by atoms with E-state index < -0.39 is 0 Å². The summed E-state index contributed by atoms with van der Waals surface area (Å²) in [6.45, 7) is 9.45. The van der Waals surface area contributed by atoms with Crippen LogP contribution in [0.15, 0.2) is 30.3 Å². The topological polar surface area (TPSA) is 62.8 Å². The van der Waals surface area contributed by atoms with E-state index in [0.717, 1.165) is 38.5 Å². The van der Waals surface area contributed by atoms with Crippen LogP contribution in [-0.2, 0) is 4.74 Å². The fraction of sp³-hybridized carbons (Fsp3) is 0.632. The molecule has 0 radical (unpaired) electrons. The summed E-state index contributed by atoms with van der Waals surface area (Å²) < 4.78 is 11.0. The highest BCUT2D eigenvalue weighted by molar-refractivity contribution is 5.73. The smallest absolute Gasteiger partial charge is 0.314 e. The quantitative estimate of drug-likeness (QED) is 0.670. The summed E-state index contributed by atoms with van der Waals surface area (Å²) in [4.78, 5) is 14.4. The predicted molar refractivity (Wildman–Crippen MR) is 99.0 cm³/mol. The molecule has 2 amide bonds. The van der Waals surface area contributed by atoms with Crippen LogP contribution in [0.25, 0.3) is 0 Å². The van der Waals surface area contributed by atoms with Crippen molar-refractivity contribution >= 4 is 6.03 Å². The maximum absolute atomic E-state index is 12.0. The van der Waals surface area contributed by atoms with Crippen LogP contribution in [0, 0.1) is 5.92 Å². The third-order valence-corrected chi connectivity index (χ3v) is 4.20. The molecule has 2 N–H and O–H groups in total. The molecule has 1 aromatic carbocycles. The Kier molecular flexibility index (Phi) is 8.55. The van der Waals surface area contributed by atoms with Gasteiger partial charge in [0.2, 0.25) is 0 Å². The Morgan fingerprint density at radius 2 is 1.92 bits per heavy atom. The van der Waals surface area contributed by atoms with Gasteiger partial charge in [-0.05, 0) is 24.5 Å². The Morgan fingerprint density at radius 1 is 1.20 bits per heavy atom. The first-order chi connectivity index (χ1) is 12.1. The van der Waals surface area contributed by atoms with Crippen molar-refractivity contribution in [3.63, 3.8) is 0 Å². The van der Waals surface area contributed by atoms with Crippen LogP contribution in [0.2, 0.25) is 0 Å². The van der Waals surface area contributed by atoms with Crippen LogP contribution in [0.1, 0.15) is 20.3 Å². The first-order valence-electron chi connectivity index (χ1n) is 9.16. The summed E-state index contributed by atoms with van der Waals surface area (Å²) >= 11 is 0. The zero-order valence-corrected chi connectivity index (χ0v) is 15.4. The van der Waals surface area contributed by atoms with E-state index in [1.165, 1.54) is 0 Å². The van der Waals surface area contributed by atoms with Gasteiger partial charge in [-0.1, -0.05) is 32.0 Å². The first kappa shape index (κ1) is 19.5. The van der Waals surface area contributed by atoms with E-state index in [9.17, 15) is 4.79 Å². The number of hydrogen-bond donors (Lipinski definition) is 2. The number of hydrogen-bond acceptors (Lipinski definition) is 4. The van der Waals surface area contributed by atoms with Crippen molar-refractivity contribution in [1.82, 2.24) is 15.5 Å². The Balaban J connectivity index is 1.65. The molecule has 0 spiro atoms. The van der Waals surface area contributed by atoms with E-state index in [1.807, 2.05) is 30.3 Å². The largest absolute Gasteiger partial charge is 0.492 e. The van der Waals surface area contributed by atoms with Crippen molar-refractivity contribution in [3.8, 4) is 5.75 Å². The molecular formula is C19H31N3O3. The maximum atomic E-state index is 12.0. The van der Waals surface area contributed by atoms with Gasteiger partial charge in [-0.25, -0.2) is 4.79 Å². The van der Waals surface area contributed by atoms with Crippen molar-refractivity contribution in [2.45, 2.75) is 26.3 Å². The second kappa shape index (κ2) is 10.9. The molecule has 1 heterocycles. The van der Waals surface area contributed by atoms with Gasteiger partial charge in [-0.2, -0.15) is 0 Å². The lowest BCUT2D eigenvalue weighted by atomic mass is 10.0. The Hall–Kier alpha value is -1.79. The molecule has 1 fully saturated rings. The minimum atomic E-state index is -0.140. The lowest BCUT2D eigenvalue weighted by Gasteiger charge is -2.35. The molecule has 0 aromatic heterocycles. The number of rotatable bonds is 9. The van der Waals surface area contributed by atoms with Crippen molar-refractivity contribution in [2.75, 3.05) is 46.0 Å². The van der Waals surface area contributed by atoms with Crippen LogP contribution in [-0.4, -0.2) is 63.0 Å². The summed E-state index contributed by atoms with van der Waals surface area (Å²) in [5.41, 5.74) is 0. The highest BCUT2D eigenvalue weighted by Crippen LogP contribution is 2.13. The summed E-state index contributed by atoms with van der Waals surface area (Å²) in [6, 6.07) is 9.82. The standard InChI is InChI=1S/C19H31N3O3/c1-16(2)14-17(22-9-12-24-13-10-22)15-21-19(23)20-8-11-25-18-6-4-3-5-7-18/h3-7,16-17H,8-15H2,1-2H3,(H2,20,21,23). The summed E-state index contributed by atoms with van der Waals surface area (Å²) in [7, 11) is 0. The molecule has 1 atom stereocenters. The summed E-state index contributed by atoms with van der Waals surface area (Å²) in [5.74, 6) is 1.41. The average molecular weight is 349 g/mol. The molecule has 1 aliphatic rings. The number of carbonyl (C=O) groups is 1. The van der Waals surface area contributed by atoms with E-state index >= 15 is 0 Å². The Labute approximate surface area is 150 Å². The third-order valence-electron chi connectivity index (χ3n) is 4.20. The number of ether oxygens (including phenoxy) is 2. The highest BCUT2D eigenvalue weighted by atomic mass is 16.5. The van der Waals surface area contributed by atoms with Gasteiger partial charge < -0.3 is 20.1 Å². The van der Waals surface area contributed by atoms with Crippen LogP contribution >= 0.6 is 0 Å². The molecule has 0 bridgehead atoms. The van der Waals surface area contributed by atoms with E-state index in [4.69, 9.17) is 9.47 Å². The normalized spacial score (nSPS) is 16.4. The molecule has 1 aliphatic heterocycles. The van der Waals surface area contributed by atoms with Crippen molar-refractivity contribution in [2.24, 2.45) is 5.92 Å². The highest BCUT2D eigenvalue weighted by Gasteiger charge is 2.22. The fourth-order valence-corrected chi connectivity index (χ4v) is 2.97. The van der Waals surface area contributed by atoms with E-state index in [1.54, 1.807) is 0 Å². The van der Waals surface area contributed by atoms with Crippen LogP contribution < -0.4 is 15.4 Å². The van der Waals surface area contributed by atoms with Gasteiger partial charge in [-0.15, -0.1) is 0 Å². The lowest BCUT2D eigenvalue weighted by Crippen LogP contribution is -2.50. The lowest BCUT2D eigenvalue weighted by molar-refractivity contribution is 0.0129. The van der Waals surface area contributed by atoms with Gasteiger partial charge in [0.25, 0.3) is 0 Å². The second-order valence-electron chi connectivity index (χ2n) is 6.73. The number of morpholine rings is 1. The number of amides is 2. The van der Waals surface area contributed by atoms with Crippen LogP contribution in [0.3, 0.4) is 0 Å². The zero-order chi connectivity index (χ0) is 17.9. The maximum Gasteiger partial charge on any atom is 0.314 e. The number of nitrogens with one attached hydrogen (secondary N) is 2. The van der Waals surface area contributed by atoms with Crippen molar-refractivity contribution in [1.29, 1.82) is 0 Å². The molecule has 1 aromatic rings. The second-order valence-corrected chi connectivity index (χ2v) is 6.73. The minimum Gasteiger partial charge on any atom is -0.492 e. The molecule has 2 rings (SSSR count). The third kappa shape index (κ3) is 7.75. The molecule has 1 saturated heterocycles. The van der Waals surface area contributed by atoms with E-state index in [0.29, 0.717) is 31.7 Å². The Bertz CT molecular complexity index is 490. The minimum absolute atomic E-state index is 0.140. The van der Waals surface area contributed by atoms with Crippen LogP contribution in [0.5, 0.6) is 5.75 Å². The zero-order valence-electron chi connectivity index (χ0n) is 15.4. The molecular weight excluding hydrogens is 318 g/mol. The molecule has 25 heavy (non-hydrogen) atoms. The average Bonchev–Trinajstić information content (AvgIpc) is 2.63. The van der Waals surface area contributed by atoms with Crippen molar-refractivity contribution < 1.29 is 14.3 Å². The monoisotopic (exact) mass is 349 g/mol. The summed E-state index contributed by atoms with van der Waals surface area (Å²) in [5, 5.41) is 5.84.